The van der Waals surface area contributed by atoms with Crippen molar-refractivity contribution < 1.29 is 9.90 Å². The minimum atomic E-state index is -0.671. The molecule has 4 nitrogen and oxygen atoms in total. The summed E-state index contributed by atoms with van der Waals surface area (Å²) in [6, 6.07) is 6.46. The topological polar surface area (TPSA) is 56.3 Å². The lowest BCUT2D eigenvalue weighted by Crippen LogP contribution is -2.58. The molecule has 0 spiro atoms. The maximum Gasteiger partial charge on any atom is 0.308 e. The molecule has 1 aromatic heterocycles. The molecule has 2 aliphatic heterocycles. The van der Waals surface area contributed by atoms with Crippen molar-refractivity contribution >= 4 is 16.9 Å². The first-order valence-corrected chi connectivity index (χ1v) is 8.11. The lowest BCUT2D eigenvalue weighted by atomic mass is 9.72. The number of nitrogens with zero attached hydrogens (tertiary/aromatic N) is 1. The van der Waals surface area contributed by atoms with Crippen LogP contribution in [0.3, 0.4) is 0 Å². The van der Waals surface area contributed by atoms with Gasteiger partial charge in [0.2, 0.25) is 0 Å². The Kier molecular flexibility index (Phi) is 2.89. The van der Waals surface area contributed by atoms with Crippen LogP contribution in [0.4, 0.5) is 0 Å². The second-order valence-corrected chi connectivity index (χ2v) is 6.95. The number of aryl methyl sites for hydroxylation is 1. The van der Waals surface area contributed by atoms with Gasteiger partial charge in [-0.3, -0.25) is 9.69 Å². The summed E-state index contributed by atoms with van der Waals surface area (Å²) < 4.78 is 0. The molecule has 2 unspecified atom stereocenters. The van der Waals surface area contributed by atoms with E-state index >= 15 is 0 Å². The van der Waals surface area contributed by atoms with E-state index in [2.05, 4.69) is 41.9 Å². The zero-order valence-corrected chi connectivity index (χ0v) is 13.1. The maximum atomic E-state index is 11.9. The van der Waals surface area contributed by atoms with Gasteiger partial charge in [-0.05, 0) is 57.4 Å². The van der Waals surface area contributed by atoms with Crippen molar-refractivity contribution in [2.75, 3.05) is 13.1 Å². The molecule has 4 heteroatoms. The Hall–Kier alpha value is -1.81. The SMILES string of the molecule is Cc1ccc2[nH]c3c(c2c1)CCN1CCCC(C(=O)O)C31C. The van der Waals surface area contributed by atoms with E-state index in [1.807, 2.05) is 0 Å². The molecular formula is C18H22N2O2. The number of carbonyl (C=O) groups is 1. The van der Waals surface area contributed by atoms with E-state index < -0.39 is 11.5 Å². The number of aromatic amines is 1. The molecule has 1 aromatic carbocycles. The predicted octanol–water partition coefficient (Wildman–Crippen LogP) is 3.04. The number of benzene rings is 1. The Morgan fingerprint density at radius 1 is 1.41 bits per heavy atom. The van der Waals surface area contributed by atoms with Crippen LogP contribution in [-0.2, 0) is 16.8 Å². The molecule has 0 saturated carbocycles. The second-order valence-electron chi connectivity index (χ2n) is 6.95. The molecule has 0 bridgehead atoms. The number of aliphatic carboxylic acids is 1. The van der Waals surface area contributed by atoms with Crippen LogP contribution in [0.25, 0.3) is 10.9 Å². The molecule has 2 aromatic rings. The fourth-order valence-electron chi connectivity index (χ4n) is 4.56. The highest BCUT2D eigenvalue weighted by Crippen LogP contribution is 2.47. The third-order valence-electron chi connectivity index (χ3n) is 5.75. The largest absolute Gasteiger partial charge is 0.481 e. The van der Waals surface area contributed by atoms with Crippen LogP contribution in [0.1, 0.15) is 36.6 Å². The number of rotatable bonds is 1. The van der Waals surface area contributed by atoms with E-state index in [1.165, 1.54) is 16.5 Å². The number of aromatic nitrogens is 1. The quantitative estimate of drug-likeness (QED) is 0.851. The van der Waals surface area contributed by atoms with Crippen molar-refractivity contribution in [1.29, 1.82) is 0 Å². The summed E-state index contributed by atoms with van der Waals surface area (Å²) in [5, 5.41) is 11.0. The van der Waals surface area contributed by atoms with Crippen LogP contribution in [0, 0.1) is 12.8 Å². The van der Waals surface area contributed by atoms with E-state index in [0.29, 0.717) is 0 Å². The van der Waals surface area contributed by atoms with Crippen LogP contribution >= 0.6 is 0 Å². The number of hydrogen-bond donors (Lipinski definition) is 2. The summed E-state index contributed by atoms with van der Waals surface area (Å²) in [6.45, 7) is 6.17. The molecule has 0 aliphatic carbocycles. The van der Waals surface area contributed by atoms with Gasteiger partial charge in [0.15, 0.2) is 0 Å². The van der Waals surface area contributed by atoms with Crippen molar-refractivity contribution in [2.45, 2.75) is 38.6 Å². The summed E-state index contributed by atoms with van der Waals surface area (Å²) in [5.41, 5.74) is 4.43. The molecule has 2 atom stereocenters. The molecule has 4 rings (SSSR count). The monoisotopic (exact) mass is 298 g/mol. The summed E-state index contributed by atoms with van der Waals surface area (Å²) in [5.74, 6) is -1.01. The summed E-state index contributed by atoms with van der Waals surface area (Å²) in [7, 11) is 0. The molecule has 2 aliphatic rings. The van der Waals surface area contributed by atoms with E-state index in [4.69, 9.17) is 0 Å². The number of fused-ring (bicyclic) bond motifs is 5. The van der Waals surface area contributed by atoms with Crippen LogP contribution in [-0.4, -0.2) is 34.0 Å². The first-order valence-electron chi connectivity index (χ1n) is 8.11. The molecule has 116 valence electrons. The molecule has 0 radical (unpaired) electrons. The van der Waals surface area contributed by atoms with Crippen molar-refractivity contribution in [3.63, 3.8) is 0 Å². The van der Waals surface area contributed by atoms with E-state index in [1.54, 1.807) is 0 Å². The number of carboxylic acids is 1. The zero-order chi connectivity index (χ0) is 15.5. The van der Waals surface area contributed by atoms with Gasteiger partial charge in [-0.2, -0.15) is 0 Å². The number of H-pyrrole nitrogens is 1. The third-order valence-corrected chi connectivity index (χ3v) is 5.75. The van der Waals surface area contributed by atoms with E-state index in [9.17, 15) is 9.90 Å². The van der Waals surface area contributed by atoms with E-state index in [-0.39, 0.29) is 5.92 Å². The summed E-state index contributed by atoms with van der Waals surface area (Å²) in [6.07, 6.45) is 2.73. The number of nitrogens with one attached hydrogen (secondary N) is 1. The highest BCUT2D eigenvalue weighted by Gasteiger charge is 2.51. The average Bonchev–Trinajstić information content (AvgIpc) is 2.85. The fourth-order valence-corrected chi connectivity index (χ4v) is 4.56. The zero-order valence-electron chi connectivity index (χ0n) is 13.1. The Bertz CT molecular complexity index is 764. The number of piperidine rings is 1. The van der Waals surface area contributed by atoms with Crippen LogP contribution in [0.5, 0.6) is 0 Å². The van der Waals surface area contributed by atoms with E-state index in [0.717, 1.165) is 43.6 Å². The lowest BCUT2D eigenvalue weighted by Gasteiger charge is -2.51. The maximum absolute atomic E-state index is 11.9. The molecule has 22 heavy (non-hydrogen) atoms. The molecule has 3 heterocycles. The van der Waals surface area contributed by atoms with Gasteiger partial charge >= 0.3 is 5.97 Å². The van der Waals surface area contributed by atoms with Gasteiger partial charge in [-0.25, -0.2) is 0 Å². The van der Waals surface area contributed by atoms with Gasteiger partial charge in [0.25, 0.3) is 0 Å². The standard InChI is InChI=1S/C18H22N2O2/c1-11-5-6-15-13(10-11)12-7-9-20-8-3-4-14(17(21)22)18(20,2)16(12)19-15/h5-6,10,14,19H,3-4,7-9H2,1-2H3,(H,21,22). The van der Waals surface area contributed by atoms with Gasteiger partial charge in [0.1, 0.15) is 0 Å². The number of hydrogen-bond acceptors (Lipinski definition) is 2. The summed E-state index contributed by atoms with van der Waals surface area (Å²) >= 11 is 0. The highest BCUT2D eigenvalue weighted by molar-refractivity contribution is 5.86. The van der Waals surface area contributed by atoms with Crippen molar-refractivity contribution in [1.82, 2.24) is 9.88 Å². The first-order chi connectivity index (χ1) is 10.5. The minimum Gasteiger partial charge on any atom is -0.481 e. The van der Waals surface area contributed by atoms with Crippen LogP contribution in [0.2, 0.25) is 0 Å². The molecular weight excluding hydrogens is 276 g/mol. The Labute approximate surface area is 130 Å². The fraction of sp³-hybridized carbons (Fsp3) is 0.500. The summed E-state index contributed by atoms with van der Waals surface area (Å²) in [4.78, 5) is 17.8. The van der Waals surface area contributed by atoms with Gasteiger partial charge in [-0.1, -0.05) is 11.6 Å². The van der Waals surface area contributed by atoms with Crippen molar-refractivity contribution in [3.05, 3.63) is 35.0 Å². The third kappa shape index (κ3) is 1.70. The van der Waals surface area contributed by atoms with Gasteiger partial charge in [0, 0.05) is 23.1 Å². The van der Waals surface area contributed by atoms with Crippen LogP contribution < -0.4 is 0 Å². The average molecular weight is 298 g/mol. The number of carboxylic acid groups (broad SMARTS) is 1. The predicted molar refractivity (Wildman–Crippen MR) is 86.0 cm³/mol. The van der Waals surface area contributed by atoms with Gasteiger partial charge in [-0.15, -0.1) is 0 Å². The molecule has 1 saturated heterocycles. The Morgan fingerprint density at radius 2 is 2.23 bits per heavy atom. The normalized spacial score (nSPS) is 28.4. The van der Waals surface area contributed by atoms with Crippen LogP contribution in [0.15, 0.2) is 18.2 Å². The molecule has 2 N–H and O–H groups in total. The van der Waals surface area contributed by atoms with Gasteiger partial charge < -0.3 is 10.1 Å². The molecule has 1 fully saturated rings. The Balaban J connectivity index is 1.96. The smallest absolute Gasteiger partial charge is 0.308 e. The lowest BCUT2D eigenvalue weighted by molar-refractivity contribution is -0.152. The van der Waals surface area contributed by atoms with Crippen molar-refractivity contribution in [3.8, 4) is 0 Å². The first kappa shape index (κ1) is 13.8. The van der Waals surface area contributed by atoms with Gasteiger partial charge in [0.05, 0.1) is 11.5 Å². The second kappa shape index (κ2) is 4.59. The highest BCUT2D eigenvalue weighted by atomic mass is 16.4. The molecule has 0 amide bonds. The Morgan fingerprint density at radius 3 is 3.00 bits per heavy atom. The van der Waals surface area contributed by atoms with Crippen molar-refractivity contribution in [2.24, 2.45) is 5.92 Å². The minimum absolute atomic E-state index is 0.338.